The van der Waals surface area contributed by atoms with Crippen molar-refractivity contribution in [3.8, 4) is 0 Å². The first-order valence-corrected chi connectivity index (χ1v) is 5.35. The van der Waals surface area contributed by atoms with Crippen molar-refractivity contribution in [2.45, 2.75) is 10.9 Å². The number of non-ortho nitro benzene ring substituents is 1. The maximum atomic E-state index is 10.4. The monoisotopic (exact) mass is 242 g/mol. The van der Waals surface area contributed by atoms with E-state index in [2.05, 4.69) is 0 Å². The molecule has 3 N–H and O–H groups in total. The number of carbonyl (C=O) groups is 1. The number of benzene rings is 1. The number of rotatable bonds is 5. The summed E-state index contributed by atoms with van der Waals surface area (Å²) in [4.78, 5) is 21.1. The van der Waals surface area contributed by atoms with Crippen LogP contribution >= 0.6 is 11.8 Å². The Hall–Kier alpha value is -1.60. The van der Waals surface area contributed by atoms with Crippen molar-refractivity contribution in [2.75, 3.05) is 5.75 Å². The average Bonchev–Trinajstić information content (AvgIpc) is 2.26. The van der Waals surface area contributed by atoms with Crippen LogP contribution in [0.25, 0.3) is 0 Å². The van der Waals surface area contributed by atoms with Gasteiger partial charge in [0.15, 0.2) is 0 Å². The van der Waals surface area contributed by atoms with Gasteiger partial charge in [0.05, 0.1) is 4.92 Å². The number of nitrogens with two attached hydrogens (primary N) is 1. The molecule has 0 heterocycles. The summed E-state index contributed by atoms with van der Waals surface area (Å²) in [5, 5.41) is 18.9. The Labute approximate surface area is 95.6 Å². The van der Waals surface area contributed by atoms with Gasteiger partial charge in [0.1, 0.15) is 6.04 Å². The number of aliphatic carboxylic acids is 1. The fourth-order valence-electron chi connectivity index (χ4n) is 0.921. The Balaban J connectivity index is 2.56. The van der Waals surface area contributed by atoms with Crippen LogP contribution in [0.1, 0.15) is 0 Å². The van der Waals surface area contributed by atoms with Crippen molar-refractivity contribution in [1.29, 1.82) is 0 Å². The average molecular weight is 242 g/mol. The first-order valence-electron chi connectivity index (χ1n) is 4.36. The molecule has 0 aliphatic heterocycles. The third-order valence-corrected chi connectivity index (χ3v) is 2.93. The van der Waals surface area contributed by atoms with Crippen molar-refractivity contribution in [2.24, 2.45) is 5.73 Å². The van der Waals surface area contributed by atoms with E-state index in [0.717, 1.165) is 4.90 Å². The molecule has 86 valence electrons. The highest BCUT2D eigenvalue weighted by atomic mass is 32.2. The predicted octanol–water partition coefficient (Wildman–Crippen LogP) is 1.10. The standard InChI is InChI=1S/C9H10N2O4S/c10-8(9(12)13)5-16-7-3-1-6(2-4-7)11(14)15/h1-4,8H,5,10H2,(H,12,13). The van der Waals surface area contributed by atoms with Gasteiger partial charge in [-0.3, -0.25) is 14.9 Å². The van der Waals surface area contributed by atoms with Gasteiger partial charge in [-0.05, 0) is 12.1 Å². The molecule has 16 heavy (non-hydrogen) atoms. The number of hydrogen-bond donors (Lipinski definition) is 2. The van der Waals surface area contributed by atoms with Crippen LogP contribution in [0.3, 0.4) is 0 Å². The summed E-state index contributed by atoms with van der Waals surface area (Å²) < 4.78 is 0. The Morgan fingerprint density at radius 3 is 2.50 bits per heavy atom. The van der Waals surface area contributed by atoms with E-state index >= 15 is 0 Å². The quantitative estimate of drug-likeness (QED) is 0.455. The molecule has 1 rings (SSSR count). The summed E-state index contributed by atoms with van der Waals surface area (Å²) in [6, 6.07) is 4.94. The second kappa shape index (κ2) is 5.47. The molecule has 0 aliphatic carbocycles. The number of carboxylic acid groups (broad SMARTS) is 1. The number of thioether (sulfide) groups is 1. The summed E-state index contributed by atoms with van der Waals surface area (Å²) in [6.07, 6.45) is 0. The lowest BCUT2D eigenvalue weighted by Crippen LogP contribution is -2.32. The molecule has 0 saturated carbocycles. The number of nitro benzene ring substituents is 1. The zero-order valence-corrected chi connectivity index (χ0v) is 9.02. The van der Waals surface area contributed by atoms with Crippen molar-refractivity contribution < 1.29 is 14.8 Å². The van der Waals surface area contributed by atoms with Crippen LogP contribution in [-0.4, -0.2) is 27.8 Å². The van der Waals surface area contributed by atoms with E-state index in [-0.39, 0.29) is 11.4 Å². The Bertz CT molecular complexity index is 393. The number of hydrogen-bond acceptors (Lipinski definition) is 5. The Morgan fingerprint density at radius 1 is 1.50 bits per heavy atom. The van der Waals surface area contributed by atoms with E-state index in [0.29, 0.717) is 0 Å². The topological polar surface area (TPSA) is 106 Å². The fraction of sp³-hybridized carbons (Fsp3) is 0.222. The molecule has 1 unspecified atom stereocenters. The second-order valence-corrected chi connectivity index (χ2v) is 4.10. The van der Waals surface area contributed by atoms with Crippen LogP contribution in [-0.2, 0) is 4.79 Å². The van der Waals surface area contributed by atoms with Crippen LogP contribution in [0.4, 0.5) is 5.69 Å². The normalized spacial score (nSPS) is 12.1. The van der Waals surface area contributed by atoms with Gasteiger partial charge in [0.2, 0.25) is 0 Å². The van der Waals surface area contributed by atoms with Gasteiger partial charge in [-0.25, -0.2) is 0 Å². The van der Waals surface area contributed by atoms with E-state index in [1.807, 2.05) is 0 Å². The summed E-state index contributed by atoms with van der Waals surface area (Å²) in [5.41, 5.74) is 5.32. The zero-order chi connectivity index (χ0) is 12.1. The van der Waals surface area contributed by atoms with Gasteiger partial charge in [-0.1, -0.05) is 0 Å². The van der Waals surface area contributed by atoms with Gasteiger partial charge in [0.25, 0.3) is 5.69 Å². The molecule has 0 aromatic heterocycles. The third kappa shape index (κ3) is 3.52. The minimum Gasteiger partial charge on any atom is -0.480 e. The summed E-state index contributed by atoms with van der Waals surface area (Å²) in [6.45, 7) is 0. The number of carboxylic acids is 1. The summed E-state index contributed by atoms with van der Waals surface area (Å²) in [7, 11) is 0. The molecular formula is C9H10N2O4S. The van der Waals surface area contributed by atoms with Gasteiger partial charge >= 0.3 is 5.97 Å². The van der Waals surface area contributed by atoms with Gasteiger partial charge in [0, 0.05) is 22.8 Å². The zero-order valence-electron chi connectivity index (χ0n) is 8.20. The van der Waals surface area contributed by atoms with Crippen molar-refractivity contribution in [3.63, 3.8) is 0 Å². The van der Waals surface area contributed by atoms with Gasteiger partial charge in [-0.15, -0.1) is 11.8 Å². The fourth-order valence-corrected chi connectivity index (χ4v) is 1.76. The number of nitro groups is 1. The number of nitrogens with zero attached hydrogens (tertiary/aromatic N) is 1. The van der Waals surface area contributed by atoms with Gasteiger partial charge in [-0.2, -0.15) is 0 Å². The minimum absolute atomic E-state index is 0.00637. The van der Waals surface area contributed by atoms with Crippen LogP contribution in [0.2, 0.25) is 0 Å². The molecule has 0 spiro atoms. The highest BCUT2D eigenvalue weighted by molar-refractivity contribution is 7.99. The van der Waals surface area contributed by atoms with Crippen molar-refractivity contribution in [3.05, 3.63) is 34.4 Å². The molecule has 0 radical (unpaired) electrons. The van der Waals surface area contributed by atoms with E-state index in [4.69, 9.17) is 10.8 Å². The lowest BCUT2D eigenvalue weighted by atomic mass is 10.3. The Morgan fingerprint density at radius 2 is 2.06 bits per heavy atom. The van der Waals surface area contributed by atoms with Crippen molar-refractivity contribution in [1.82, 2.24) is 0 Å². The molecule has 7 heteroatoms. The highest BCUT2D eigenvalue weighted by Gasteiger charge is 2.12. The molecule has 0 bridgehead atoms. The molecule has 0 amide bonds. The van der Waals surface area contributed by atoms with E-state index in [1.54, 1.807) is 12.1 Å². The molecule has 0 aliphatic rings. The summed E-state index contributed by atoms with van der Waals surface area (Å²) in [5.74, 6) is -0.831. The molecule has 0 saturated heterocycles. The maximum Gasteiger partial charge on any atom is 0.321 e. The highest BCUT2D eigenvalue weighted by Crippen LogP contribution is 2.21. The third-order valence-electron chi connectivity index (χ3n) is 1.79. The van der Waals surface area contributed by atoms with Gasteiger partial charge < -0.3 is 10.8 Å². The lowest BCUT2D eigenvalue weighted by molar-refractivity contribution is -0.384. The predicted molar refractivity (Wildman–Crippen MR) is 59.4 cm³/mol. The molecular weight excluding hydrogens is 232 g/mol. The van der Waals surface area contributed by atoms with Crippen LogP contribution < -0.4 is 5.73 Å². The summed E-state index contributed by atoms with van der Waals surface area (Å²) >= 11 is 1.25. The van der Waals surface area contributed by atoms with E-state index < -0.39 is 16.9 Å². The van der Waals surface area contributed by atoms with Crippen LogP contribution in [0.15, 0.2) is 29.2 Å². The molecule has 1 aromatic rings. The second-order valence-electron chi connectivity index (χ2n) is 3.01. The molecule has 6 nitrogen and oxygen atoms in total. The Kier molecular flexibility index (Phi) is 4.27. The molecule has 1 atom stereocenters. The first-order chi connectivity index (χ1) is 7.50. The minimum atomic E-state index is -1.06. The smallest absolute Gasteiger partial charge is 0.321 e. The molecule has 1 aromatic carbocycles. The maximum absolute atomic E-state index is 10.4. The van der Waals surface area contributed by atoms with E-state index in [9.17, 15) is 14.9 Å². The van der Waals surface area contributed by atoms with Crippen LogP contribution in [0.5, 0.6) is 0 Å². The van der Waals surface area contributed by atoms with Crippen molar-refractivity contribution >= 4 is 23.4 Å². The lowest BCUT2D eigenvalue weighted by Gasteiger charge is -2.05. The first kappa shape index (κ1) is 12.5. The largest absolute Gasteiger partial charge is 0.480 e. The van der Waals surface area contributed by atoms with E-state index in [1.165, 1.54) is 23.9 Å². The van der Waals surface area contributed by atoms with Crippen LogP contribution in [0, 0.1) is 10.1 Å². The SMILES string of the molecule is NC(CSc1ccc([N+](=O)[O-])cc1)C(=O)O. The molecule has 0 fully saturated rings.